The van der Waals surface area contributed by atoms with Crippen molar-refractivity contribution in [1.29, 1.82) is 0 Å². The highest BCUT2D eigenvalue weighted by Crippen LogP contribution is 2.25. The van der Waals surface area contributed by atoms with Gasteiger partial charge in [0.2, 0.25) is 0 Å². The highest BCUT2D eigenvalue weighted by atomic mass is 35.5. The van der Waals surface area contributed by atoms with Gasteiger partial charge in [0.15, 0.2) is 0 Å². The summed E-state index contributed by atoms with van der Waals surface area (Å²) in [6, 6.07) is 5.56. The van der Waals surface area contributed by atoms with Crippen LogP contribution in [0, 0.1) is 0 Å². The Kier molecular flexibility index (Phi) is 6.23. The monoisotopic (exact) mass is 243 g/mol. The van der Waals surface area contributed by atoms with Crippen molar-refractivity contribution in [1.82, 2.24) is 0 Å². The van der Waals surface area contributed by atoms with Crippen molar-refractivity contribution < 1.29 is 9.47 Å². The van der Waals surface area contributed by atoms with Gasteiger partial charge in [-0.2, -0.15) is 0 Å². The van der Waals surface area contributed by atoms with Gasteiger partial charge in [0.1, 0.15) is 5.75 Å². The molecule has 1 aromatic carbocycles. The van der Waals surface area contributed by atoms with Crippen molar-refractivity contribution in [2.75, 3.05) is 19.8 Å². The lowest BCUT2D eigenvalue weighted by atomic mass is 10.2. The smallest absolute Gasteiger partial charge is 0.125 e. The average Bonchev–Trinajstić information content (AvgIpc) is 2.29. The third-order valence-corrected chi connectivity index (χ3v) is 2.53. The molecule has 0 aliphatic heterocycles. The van der Waals surface area contributed by atoms with E-state index in [0.29, 0.717) is 18.2 Å². The summed E-state index contributed by atoms with van der Waals surface area (Å²) in [6.45, 7) is 4.44. The number of hydrogen-bond donors (Lipinski definition) is 1. The molecule has 0 unspecified atom stereocenters. The minimum Gasteiger partial charge on any atom is -0.493 e. The summed E-state index contributed by atoms with van der Waals surface area (Å²) in [5, 5.41) is 0.657. The Hall–Kier alpha value is -0.770. The minimum absolute atomic E-state index is 0.389. The van der Waals surface area contributed by atoms with Gasteiger partial charge in [-0.3, -0.25) is 0 Å². The predicted molar refractivity (Wildman–Crippen MR) is 65.9 cm³/mol. The maximum atomic E-state index is 6.01. The zero-order valence-electron chi connectivity index (χ0n) is 9.54. The van der Waals surface area contributed by atoms with E-state index in [0.717, 1.165) is 30.9 Å². The Labute approximate surface area is 101 Å². The summed E-state index contributed by atoms with van der Waals surface area (Å²) in [4.78, 5) is 0. The van der Waals surface area contributed by atoms with E-state index in [1.54, 1.807) is 0 Å². The average molecular weight is 244 g/mol. The van der Waals surface area contributed by atoms with Crippen molar-refractivity contribution in [2.24, 2.45) is 5.73 Å². The van der Waals surface area contributed by atoms with Crippen molar-refractivity contribution >= 4 is 11.6 Å². The van der Waals surface area contributed by atoms with Crippen LogP contribution in [0.3, 0.4) is 0 Å². The molecule has 90 valence electrons. The van der Waals surface area contributed by atoms with Crippen LogP contribution < -0.4 is 10.5 Å². The van der Waals surface area contributed by atoms with Crippen LogP contribution in [0.5, 0.6) is 5.75 Å². The molecule has 0 fully saturated rings. The number of ether oxygens (including phenoxy) is 2. The van der Waals surface area contributed by atoms with Gasteiger partial charge in [-0.1, -0.05) is 17.7 Å². The van der Waals surface area contributed by atoms with Crippen LogP contribution in [0.4, 0.5) is 0 Å². The third kappa shape index (κ3) is 4.00. The molecule has 0 aromatic heterocycles. The van der Waals surface area contributed by atoms with Crippen LogP contribution in [0.15, 0.2) is 18.2 Å². The summed E-state index contributed by atoms with van der Waals surface area (Å²) in [5.74, 6) is 0.770. The van der Waals surface area contributed by atoms with Crippen molar-refractivity contribution in [3.63, 3.8) is 0 Å². The zero-order valence-corrected chi connectivity index (χ0v) is 10.3. The van der Waals surface area contributed by atoms with E-state index in [-0.39, 0.29) is 0 Å². The largest absolute Gasteiger partial charge is 0.493 e. The number of halogens is 1. The van der Waals surface area contributed by atoms with E-state index >= 15 is 0 Å². The minimum atomic E-state index is 0.389. The van der Waals surface area contributed by atoms with Gasteiger partial charge in [-0.25, -0.2) is 0 Å². The lowest BCUT2D eigenvalue weighted by Crippen LogP contribution is -2.06. The maximum Gasteiger partial charge on any atom is 0.125 e. The quantitative estimate of drug-likeness (QED) is 0.749. The fourth-order valence-corrected chi connectivity index (χ4v) is 1.60. The highest BCUT2D eigenvalue weighted by Gasteiger charge is 2.05. The van der Waals surface area contributed by atoms with Crippen molar-refractivity contribution in [3.8, 4) is 5.75 Å². The second kappa shape index (κ2) is 7.49. The number of benzene rings is 1. The summed E-state index contributed by atoms with van der Waals surface area (Å²) in [6.07, 6.45) is 0.865. The molecule has 3 nitrogen and oxygen atoms in total. The molecule has 0 saturated carbocycles. The fourth-order valence-electron chi connectivity index (χ4n) is 1.36. The lowest BCUT2D eigenvalue weighted by Gasteiger charge is -2.11. The molecule has 0 amide bonds. The van der Waals surface area contributed by atoms with Crippen LogP contribution in [0.2, 0.25) is 5.02 Å². The Morgan fingerprint density at radius 2 is 2.12 bits per heavy atom. The normalized spacial score (nSPS) is 10.4. The van der Waals surface area contributed by atoms with Crippen LogP contribution in [-0.2, 0) is 11.3 Å². The molecule has 0 bridgehead atoms. The molecule has 0 saturated heterocycles. The second-order valence-corrected chi connectivity index (χ2v) is 3.73. The summed E-state index contributed by atoms with van der Waals surface area (Å²) < 4.78 is 10.8. The molecule has 0 heterocycles. The maximum absolute atomic E-state index is 6.01. The van der Waals surface area contributed by atoms with Gasteiger partial charge < -0.3 is 15.2 Å². The molecular formula is C12H18ClNO2. The van der Waals surface area contributed by atoms with Crippen LogP contribution >= 0.6 is 11.6 Å². The van der Waals surface area contributed by atoms with Crippen LogP contribution in [-0.4, -0.2) is 19.8 Å². The second-order valence-electron chi connectivity index (χ2n) is 3.32. The first-order valence-electron chi connectivity index (χ1n) is 5.47. The molecule has 1 aromatic rings. The molecule has 16 heavy (non-hydrogen) atoms. The van der Waals surface area contributed by atoms with Crippen molar-refractivity contribution in [3.05, 3.63) is 28.8 Å². The molecule has 0 radical (unpaired) electrons. The molecule has 0 atom stereocenters. The number of hydrogen-bond acceptors (Lipinski definition) is 3. The van der Waals surface area contributed by atoms with Gasteiger partial charge in [0, 0.05) is 36.8 Å². The summed E-state index contributed by atoms with van der Waals surface area (Å²) in [5.41, 5.74) is 6.48. The van der Waals surface area contributed by atoms with Gasteiger partial charge >= 0.3 is 0 Å². The van der Waals surface area contributed by atoms with Gasteiger partial charge in [-0.05, 0) is 19.1 Å². The number of nitrogens with two attached hydrogens (primary N) is 1. The Balaban J connectivity index is 2.44. The standard InChI is InChI=1S/C12H18ClNO2/c1-2-15-7-4-8-16-12-6-3-5-11(13)10(12)9-14/h3,5-6H,2,4,7-9,14H2,1H3. The topological polar surface area (TPSA) is 44.5 Å². The molecule has 0 aliphatic rings. The highest BCUT2D eigenvalue weighted by molar-refractivity contribution is 6.31. The first-order chi connectivity index (χ1) is 7.79. The van der Waals surface area contributed by atoms with E-state index in [4.69, 9.17) is 26.8 Å². The zero-order chi connectivity index (χ0) is 11.8. The van der Waals surface area contributed by atoms with E-state index in [1.807, 2.05) is 25.1 Å². The van der Waals surface area contributed by atoms with Gasteiger partial charge in [0.05, 0.1) is 6.61 Å². The predicted octanol–water partition coefficient (Wildman–Crippen LogP) is 2.60. The summed E-state index contributed by atoms with van der Waals surface area (Å²) in [7, 11) is 0. The van der Waals surface area contributed by atoms with Crippen LogP contribution in [0.25, 0.3) is 0 Å². The Bertz CT molecular complexity index is 318. The van der Waals surface area contributed by atoms with Crippen molar-refractivity contribution in [2.45, 2.75) is 19.9 Å². The fraction of sp³-hybridized carbons (Fsp3) is 0.500. The first-order valence-corrected chi connectivity index (χ1v) is 5.85. The lowest BCUT2D eigenvalue weighted by molar-refractivity contribution is 0.130. The molecular weight excluding hydrogens is 226 g/mol. The van der Waals surface area contributed by atoms with Gasteiger partial charge in [0.25, 0.3) is 0 Å². The SMILES string of the molecule is CCOCCCOc1cccc(Cl)c1CN. The van der Waals surface area contributed by atoms with E-state index in [2.05, 4.69) is 0 Å². The first kappa shape index (κ1) is 13.3. The van der Waals surface area contributed by atoms with Gasteiger partial charge in [-0.15, -0.1) is 0 Å². The molecule has 0 spiro atoms. The van der Waals surface area contributed by atoms with Crippen LogP contribution in [0.1, 0.15) is 18.9 Å². The number of rotatable bonds is 7. The van der Waals surface area contributed by atoms with E-state index in [1.165, 1.54) is 0 Å². The van der Waals surface area contributed by atoms with E-state index < -0.39 is 0 Å². The Morgan fingerprint density at radius 3 is 2.81 bits per heavy atom. The summed E-state index contributed by atoms with van der Waals surface area (Å²) >= 11 is 6.01. The Morgan fingerprint density at radius 1 is 1.31 bits per heavy atom. The van der Waals surface area contributed by atoms with E-state index in [9.17, 15) is 0 Å². The third-order valence-electron chi connectivity index (χ3n) is 2.17. The molecule has 1 rings (SSSR count). The molecule has 2 N–H and O–H groups in total. The molecule has 4 heteroatoms. The molecule has 0 aliphatic carbocycles.